The molecule has 59 heavy (non-hydrogen) atoms. The molecule has 1 N–H and O–H groups in total. The number of fused-ring (bicyclic) bond motifs is 2. The van der Waals surface area contributed by atoms with Crippen molar-refractivity contribution in [3.05, 3.63) is 29.8 Å². The lowest BCUT2D eigenvalue weighted by Gasteiger charge is -2.39. The van der Waals surface area contributed by atoms with Crippen LogP contribution < -0.4 is 4.74 Å². The summed E-state index contributed by atoms with van der Waals surface area (Å²) in [6.07, 6.45) is 2.57. The lowest BCUT2D eigenvalue weighted by atomic mass is 9.78. The number of thioether (sulfide) groups is 1. The summed E-state index contributed by atoms with van der Waals surface area (Å²) >= 11 is 1.62. The lowest BCUT2D eigenvalue weighted by molar-refractivity contribution is -0.166. The molecule has 3 aliphatic rings. The normalized spacial score (nSPS) is 30.6. The van der Waals surface area contributed by atoms with Crippen LogP contribution in [-0.2, 0) is 35.1 Å². The first-order chi connectivity index (χ1) is 27.6. The van der Waals surface area contributed by atoms with Crippen molar-refractivity contribution in [2.45, 2.75) is 156 Å². The lowest BCUT2D eigenvalue weighted by Crippen LogP contribution is -2.58. The standard InChI is InChI=1S/C46H72N4O8S/c1-13-29(3)39-42(55)50-22-14-15-36(50)43(56)58-38(45(5,6)7)24-28(2)23-37(52)46(8,9)44-47-33(27-59-44)18-19-34(51)26-32(25-31-16-20-35(57-12)21-17-31)41(54)48(10)30(4)40(53)49(39)11/h16-17,20-21,28-30,32-33,36-39,52H,13-15,18-19,22-27H2,1-12H3/t28-,29-,30-,32+,33-,36-,37-,38-,39?/m0/s1. The highest BCUT2D eigenvalue weighted by Gasteiger charge is 2.45. The van der Waals surface area contributed by atoms with Crippen LogP contribution in [-0.4, -0.2) is 124 Å². The largest absolute Gasteiger partial charge is 0.497 e. The van der Waals surface area contributed by atoms with Gasteiger partial charge >= 0.3 is 5.97 Å². The molecule has 0 saturated carbocycles. The molecule has 9 atom stereocenters. The topological polar surface area (TPSA) is 146 Å². The fourth-order valence-corrected chi connectivity index (χ4v) is 9.85. The van der Waals surface area contributed by atoms with Gasteiger partial charge in [0.05, 0.1) is 24.3 Å². The number of Topliss-reactive ketones (excluding diaryl/α,β-unsaturated/α-hetero) is 1. The number of rotatable bonds is 5. The van der Waals surface area contributed by atoms with E-state index < -0.39 is 59.0 Å². The number of amides is 3. The maximum atomic E-state index is 14.6. The second kappa shape index (κ2) is 20.4. The molecule has 1 aromatic carbocycles. The van der Waals surface area contributed by atoms with Crippen molar-refractivity contribution < 1.29 is 38.6 Å². The third kappa shape index (κ3) is 11.9. The van der Waals surface area contributed by atoms with Gasteiger partial charge in [0.15, 0.2) is 0 Å². The molecule has 0 spiro atoms. The number of hydrogen-bond donors (Lipinski definition) is 1. The molecule has 1 saturated heterocycles. The van der Waals surface area contributed by atoms with Gasteiger partial charge in [-0.1, -0.05) is 73.9 Å². The van der Waals surface area contributed by atoms with E-state index in [4.69, 9.17) is 14.5 Å². The highest BCUT2D eigenvalue weighted by molar-refractivity contribution is 8.14. The predicted molar refractivity (Wildman–Crippen MR) is 233 cm³/mol. The van der Waals surface area contributed by atoms with Gasteiger partial charge < -0.3 is 29.3 Å². The van der Waals surface area contributed by atoms with Crippen LogP contribution in [0.1, 0.15) is 119 Å². The van der Waals surface area contributed by atoms with Crippen molar-refractivity contribution in [3.8, 4) is 5.75 Å². The first-order valence-electron chi connectivity index (χ1n) is 21.7. The van der Waals surface area contributed by atoms with Crippen molar-refractivity contribution in [1.29, 1.82) is 0 Å². The van der Waals surface area contributed by atoms with Crippen molar-refractivity contribution in [3.63, 3.8) is 0 Å². The zero-order chi connectivity index (χ0) is 44.0. The maximum absolute atomic E-state index is 14.6. The summed E-state index contributed by atoms with van der Waals surface area (Å²) < 4.78 is 11.7. The Labute approximate surface area is 357 Å². The maximum Gasteiger partial charge on any atom is 0.329 e. The number of methoxy groups -OCH3 is 1. The summed E-state index contributed by atoms with van der Waals surface area (Å²) in [6, 6.07) is 4.69. The molecule has 0 aromatic heterocycles. The number of esters is 1. The van der Waals surface area contributed by atoms with Gasteiger partial charge in [-0.3, -0.25) is 24.2 Å². The number of benzene rings is 1. The molecular formula is C46H72N4O8S. The Balaban J connectivity index is 1.71. The third-order valence-electron chi connectivity index (χ3n) is 13.1. The zero-order valence-corrected chi connectivity index (χ0v) is 38.6. The second-order valence-electron chi connectivity index (χ2n) is 19.1. The Morgan fingerprint density at radius 1 is 0.983 bits per heavy atom. The molecule has 1 aromatic rings. The van der Waals surface area contributed by atoms with Crippen LogP contribution in [0, 0.1) is 28.6 Å². The number of cyclic esters (lactones) is 1. The van der Waals surface area contributed by atoms with Crippen LogP contribution in [0.15, 0.2) is 29.3 Å². The molecule has 3 amide bonds. The molecule has 0 radical (unpaired) electrons. The molecule has 3 heterocycles. The van der Waals surface area contributed by atoms with E-state index in [1.165, 1.54) is 9.80 Å². The van der Waals surface area contributed by atoms with E-state index >= 15 is 0 Å². The summed E-state index contributed by atoms with van der Waals surface area (Å²) in [5.41, 5.74) is -0.176. The van der Waals surface area contributed by atoms with Crippen LogP contribution >= 0.6 is 11.8 Å². The van der Waals surface area contributed by atoms with Crippen molar-refractivity contribution in [2.24, 2.45) is 33.6 Å². The number of carbonyl (C=O) groups excluding carboxylic acids is 5. The van der Waals surface area contributed by atoms with Crippen molar-refractivity contribution in [1.82, 2.24) is 14.7 Å². The van der Waals surface area contributed by atoms with Gasteiger partial charge in [-0.15, -0.1) is 11.8 Å². The van der Waals surface area contributed by atoms with Gasteiger partial charge in [0.1, 0.15) is 35.8 Å². The molecule has 3 aliphatic heterocycles. The first-order valence-corrected chi connectivity index (χ1v) is 22.7. The van der Waals surface area contributed by atoms with Gasteiger partial charge in [0.25, 0.3) is 0 Å². The van der Waals surface area contributed by atoms with Gasteiger partial charge in [0.2, 0.25) is 17.7 Å². The fraction of sp³-hybridized carbons (Fsp3) is 0.739. The summed E-state index contributed by atoms with van der Waals surface area (Å²) in [6.45, 7) is 18.1. The molecule has 330 valence electrons. The number of ether oxygens (including phenoxy) is 2. The number of aliphatic hydroxyl groups is 1. The van der Waals surface area contributed by atoms with Gasteiger partial charge in [-0.05, 0) is 80.4 Å². The van der Waals surface area contributed by atoms with Crippen LogP contribution in [0.2, 0.25) is 0 Å². The number of aliphatic imine (C=N–C) groups is 1. The predicted octanol–water partition coefficient (Wildman–Crippen LogP) is 6.59. The molecule has 4 rings (SSSR count). The molecule has 2 bridgehead atoms. The van der Waals surface area contributed by atoms with E-state index in [1.54, 1.807) is 44.8 Å². The molecule has 13 heteroatoms. The number of likely N-dealkylation sites (N-methyl/N-ethyl adjacent to an activating group) is 2. The molecule has 0 aliphatic carbocycles. The van der Waals surface area contributed by atoms with Crippen molar-refractivity contribution in [2.75, 3.05) is 33.5 Å². The van der Waals surface area contributed by atoms with Crippen LogP contribution in [0.3, 0.4) is 0 Å². The minimum Gasteiger partial charge on any atom is -0.497 e. The second-order valence-corrected chi connectivity index (χ2v) is 20.1. The Morgan fingerprint density at radius 3 is 2.25 bits per heavy atom. The summed E-state index contributed by atoms with van der Waals surface area (Å²) in [5, 5.41) is 12.5. The van der Waals surface area contributed by atoms with E-state index in [2.05, 4.69) is 6.92 Å². The number of carbonyl (C=O) groups is 5. The monoisotopic (exact) mass is 841 g/mol. The van der Waals surface area contributed by atoms with Crippen molar-refractivity contribution >= 4 is 46.3 Å². The molecule has 1 fully saturated rings. The minimum atomic E-state index is -0.939. The fourth-order valence-electron chi connectivity index (χ4n) is 8.53. The highest BCUT2D eigenvalue weighted by atomic mass is 32.2. The number of aliphatic hydroxyl groups excluding tert-OH is 1. The summed E-state index contributed by atoms with van der Waals surface area (Å²) in [4.78, 5) is 80.6. The third-order valence-corrected chi connectivity index (χ3v) is 14.5. The van der Waals surface area contributed by atoms with E-state index in [-0.39, 0.29) is 54.7 Å². The Morgan fingerprint density at radius 2 is 1.64 bits per heavy atom. The number of ketones is 1. The first kappa shape index (κ1) is 48.2. The average molecular weight is 841 g/mol. The van der Waals surface area contributed by atoms with Crippen LogP contribution in [0.25, 0.3) is 0 Å². The highest BCUT2D eigenvalue weighted by Crippen LogP contribution is 2.39. The van der Waals surface area contributed by atoms with Crippen LogP contribution in [0.4, 0.5) is 0 Å². The van der Waals surface area contributed by atoms with E-state index in [0.717, 1.165) is 10.6 Å². The quantitative estimate of drug-likeness (QED) is 0.325. The zero-order valence-electron chi connectivity index (χ0n) is 37.8. The SMILES string of the molecule is CC[C@H](C)C1C(=O)N2CCC[C@H]2C(=O)O[C@H](C(C)(C)C)C[C@@H](C)C[C@H](O)C(C)(C)C2=N[C@@H](CCC(=O)C[C@@H](Cc3ccc(OC)cc3)C(=O)N(C)[C@@H](C)C(=O)N1C)CS2. The Bertz CT molecular complexity index is 1680. The van der Waals surface area contributed by atoms with E-state index in [0.29, 0.717) is 56.6 Å². The van der Waals surface area contributed by atoms with E-state index in [1.807, 2.05) is 72.7 Å². The average Bonchev–Trinajstić information content (AvgIpc) is 3.89. The smallest absolute Gasteiger partial charge is 0.329 e. The van der Waals surface area contributed by atoms with Gasteiger partial charge in [-0.25, -0.2) is 4.79 Å². The Hall–Kier alpha value is -3.45. The minimum absolute atomic E-state index is 0.000466. The molecule has 1 unspecified atom stereocenters. The Kier molecular flexibility index (Phi) is 16.7. The van der Waals surface area contributed by atoms with Gasteiger partial charge in [0, 0.05) is 50.6 Å². The number of nitrogens with zero attached hydrogens (tertiary/aromatic N) is 4. The summed E-state index contributed by atoms with van der Waals surface area (Å²) in [5.74, 6) is -1.16. The summed E-state index contributed by atoms with van der Waals surface area (Å²) in [7, 11) is 4.77. The molecule has 12 nitrogen and oxygen atoms in total. The number of hydrogen-bond acceptors (Lipinski definition) is 10. The van der Waals surface area contributed by atoms with E-state index in [9.17, 15) is 29.1 Å². The molecular weight excluding hydrogens is 769 g/mol. The van der Waals surface area contributed by atoms with Crippen LogP contribution in [0.5, 0.6) is 5.75 Å². The van der Waals surface area contributed by atoms with Gasteiger partial charge in [-0.2, -0.15) is 0 Å².